The number of benzene rings is 1. The Hall–Kier alpha value is -1.59. The first kappa shape index (κ1) is 16.3. The van der Waals surface area contributed by atoms with Crippen molar-refractivity contribution in [2.75, 3.05) is 32.8 Å². The zero-order valence-electron chi connectivity index (χ0n) is 13.6. The molecule has 1 heterocycles. The highest BCUT2D eigenvalue weighted by molar-refractivity contribution is 5.68. The molecule has 3 rings (SSSR count). The standard InChI is InChI=1S/C18H26N2O3/c21-11-10-19(17-6-7-17)12-16-8-9-20(13-16)18(22)23-14-15-4-2-1-3-5-15/h1-5,16-17,21H,6-14H2/t16-/m1/s1. The van der Waals surface area contributed by atoms with Gasteiger partial charge in [-0.2, -0.15) is 0 Å². The summed E-state index contributed by atoms with van der Waals surface area (Å²) in [6.07, 6.45) is 3.30. The fourth-order valence-corrected chi connectivity index (χ4v) is 3.28. The van der Waals surface area contributed by atoms with Gasteiger partial charge in [0.25, 0.3) is 0 Å². The molecule has 1 atom stereocenters. The molecule has 5 heteroatoms. The van der Waals surface area contributed by atoms with Gasteiger partial charge in [0.05, 0.1) is 6.61 Å². The molecule has 126 valence electrons. The smallest absolute Gasteiger partial charge is 0.410 e. The molecule has 5 nitrogen and oxygen atoms in total. The van der Waals surface area contributed by atoms with Crippen molar-refractivity contribution >= 4 is 6.09 Å². The first-order chi connectivity index (χ1) is 11.3. The third-order valence-electron chi connectivity index (χ3n) is 4.69. The Morgan fingerprint density at radius 3 is 2.74 bits per heavy atom. The van der Waals surface area contributed by atoms with Crippen LogP contribution in [0.15, 0.2) is 30.3 Å². The summed E-state index contributed by atoms with van der Waals surface area (Å²) in [7, 11) is 0. The Kier molecular flexibility index (Phi) is 5.51. The van der Waals surface area contributed by atoms with Gasteiger partial charge in [-0.1, -0.05) is 30.3 Å². The summed E-state index contributed by atoms with van der Waals surface area (Å²) in [5, 5.41) is 9.18. The van der Waals surface area contributed by atoms with Crippen LogP contribution in [0.25, 0.3) is 0 Å². The molecule has 1 N–H and O–H groups in total. The molecule has 1 aromatic rings. The van der Waals surface area contributed by atoms with Crippen molar-refractivity contribution in [2.45, 2.75) is 31.9 Å². The summed E-state index contributed by atoms with van der Waals surface area (Å²) < 4.78 is 5.41. The van der Waals surface area contributed by atoms with E-state index < -0.39 is 0 Å². The maximum Gasteiger partial charge on any atom is 0.410 e. The van der Waals surface area contributed by atoms with Crippen LogP contribution in [0.1, 0.15) is 24.8 Å². The first-order valence-electron chi connectivity index (χ1n) is 8.57. The maximum atomic E-state index is 12.2. The lowest BCUT2D eigenvalue weighted by Gasteiger charge is -2.24. The topological polar surface area (TPSA) is 53.0 Å². The van der Waals surface area contributed by atoms with Crippen LogP contribution >= 0.6 is 0 Å². The van der Waals surface area contributed by atoms with Crippen molar-refractivity contribution in [1.82, 2.24) is 9.80 Å². The molecule has 0 radical (unpaired) electrons. The van der Waals surface area contributed by atoms with Crippen LogP contribution in [-0.4, -0.2) is 59.8 Å². The van der Waals surface area contributed by atoms with Crippen LogP contribution in [0, 0.1) is 5.92 Å². The Morgan fingerprint density at radius 2 is 2.04 bits per heavy atom. The Bertz CT molecular complexity index is 504. The summed E-state index contributed by atoms with van der Waals surface area (Å²) in [6.45, 7) is 3.82. The van der Waals surface area contributed by atoms with Crippen LogP contribution in [0.2, 0.25) is 0 Å². The molecular formula is C18H26N2O3. The summed E-state index contributed by atoms with van der Waals surface area (Å²) in [6, 6.07) is 10.4. The molecular weight excluding hydrogens is 292 g/mol. The molecule has 1 amide bonds. The van der Waals surface area contributed by atoms with Gasteiger partial charge >= 0.3 is 6.09 Å². The maximum absolute atomic E-state index is 12.2. The number of rotatable bonds is 7. The van der Waals surface area contributed by atoms with Gasteiger partial charge in [0.2, 0.25) is 0 Å². The molecule has 0 spiro atoms. The number of likely N-dealkylation sites (tertiary alicyclic amines) is 1. The largest absolute Gasteiger partial charge is 0.445 e. The van der Waals surface area contributed by atoms with Crippen LogP contribution in [0.3, 0.4) is 0 Å². The van der Waals surface area contributed by atoms with E-state index in [9.17, 15) is 9.90 Å². The minimum atomic E-state index is -0.212. The summed E-state index contributed by atoms with van der Waals surface area (Å²) in [5.41, 5.74) is 1.01. The van der Waals surface area contributed by atoms with Crippen molar-refractivity contribution in [3.63, 3.8) is 0 Å². The number of carbonyl (C=O) groups excluding carboxylic acids is 1. The zero-order valence-corrected chi connectivity index (χ0v) is 13.6. The van der Waals surface area contributed by atoms with Gasteiger partial charge in [0.15, 0.2) is 0 Å². The van der Waals surface area contributed by atoms with E-state index in [-0.39, 0.29) is 12.7 Å². The van der Waals surface area contributed by atoms with Gasteiger partial charge in [-0.05, 0) is 30.7 Å². The van der Waals surface area contributed by atoms with Crippen LogP contribution in [-0.2, 0) is 11.3 Å². The van der Waals surface area contributed by atoms with E-state index >= 15 is 0 Å². The number of hydrogen-bond acceptors (Lipinski definition) is 4. The minimum absolute atomic E-state index is 0.212. The summed E-state index contributed by atoms with van der Waals surface area (Å²) in [4.78, 5) is 16.4. The van der Waals surface area contributed by atoms with Gasteiger partial charge in [-0.3, -0.25) is 4.90 Å². The Morgan fingerprint density at radius 1 is 1.26 bits per heavy atom. The lowest BCUT2D eigenvalue weighted by atomic mass is 10.1. The summed E-state index contributed by atoms with van der Waals surface area (Å²) >= 11 is 0. The van der Waals surface area contributed by atoms with Crippen LogP contribution in [0.5, 0.6) is 0 Å². The van der Waals surface area contributed by atoms with E-state index in [2.05, 4.69) is 4.90 Å². The van der Waals surface area contributed by atoms with Crippen molar-refractivity contribution in [3.05, 3.63) is 35.9 Å². The van der Waals surface area contributed by atoms with E-state index in [1.165, 1.54) is 12.8 Å². The number of carbonyl (C=O) groups is 1. The average Bonchev–Trinajstić information content (AvgIpc) is 3.32. The second-order valence-corrected chi connectivity index (χ2v) is 6.59. The molecule has 1 aliphatic carbocycles. The molecule has 2 fully saturated rings. The molecule has 1 aromatic carbocycles. The average molecular weight is 318 g/mol. The number of ether oxygens (including phenoxy) is 1. The van der Waals surface area contributed by atoms with E-state index in [4.69, 9.17) is 4.74 Å². The number of amides is 1. The molecule has 2 aliphatic rings. The van der Waals surface area contributed by atoms with Crippen molar-refractivity contribution < 1.29 is 14.6 Å². The lowest BCUT2D eigenvalue weighted by molar-refractivity contribution is 0.101. The third kappa shape index (κ3) is 4.69. The molecule has 1 aliphatic heterocycles. The predicted molar refractivity (Wildman–Crippen MR) is 88.0 cm³/mol. The Labute approximate surface area is 137 Å². The normalized spacial score (nSPS) is 21.0. The van der Waals surface area contributed by atoms with Crippen LogP contribution < -0.4 is 0 Å². The minimum Gasteiger partial charge on any atom is -0.445 e. The molecule has 0 aromatic heterocycles. The molecule has 1 saturated heterocycles. The number of nitrogens with zero attached hydrogens (tertiary/aromatic N) is 2. The zero-order chi connectivity index (χ0) is 16.1. The van der Waals surface area contributed by atoms with E-state index in [0.29, 0.717) is 18.6 Å². The molecule has 0 unspecified atom stereocenters. The van der Waals surface area contributed by atoms with Gasteiger partial charge < -0.3 is 14.7 Å². The number of hydrogen-bond donors (Lipinski definition) is 1. The van der Waals surface area contributed by atoms with Crippen molar-refractivity contribution in [1.29, 1.82) is 0 Å². The quantitative estimate of drug-likeness (QED) is 0.836. The number of aliphatic hydroxyl groups is 1. The highest BCUT2D eigenvalue weighted by Crippen LogP contribution is 2.29. The highest BCUT2D eigenvalue weighted by Gasteiger charge is 2.33. The van der Waals surface area contributed by atoms with Gasteiger partial charge in [0, 0.05) is 32.2 Å². The Balaban J connectivity index is 1.42. The van der Waals surface area contributed by atoms with E-state index in [1.54, 1.807) is 0 Å². The number of aliphatic hydroxyl groups excluding tert-OH is 1. The molecule has 0 bridgehead atoms. The predicted octanol–water partition coefficient (Wildman–Crippen LogP) is 2.10. The monoisotopic (exact) mass is 318 g/mol. The van der Waals surface area contributed by atoms with E-state index in [0.717, 1.165) is 38.2 Å². The molecule has 1 saturated carbocycles. The van der Waals surface area contributed by atoms with E-state index in [1.807, 2.05) is 35.2 Å². The first-order valence-corrected chi connectivity index (χ1v) is 8.57. The molecule has 23 heavy (non-hydrogen) atoms. The summed E-state index contributed by atoms with van der Waals surface area (Å²) in [5.74, 6) is 0.492. The SMILES string of the molecule is O=C(OCc1ccccc1)N1CC[C@H](CN(CCO)C2CC2)C1. The fourth-order valence-electron chi connectivity index (χ4n) is 3.28. The third-order valence-corrected chi connectivity index (χ3v) is 4.69. The fraction of sp³-hybridized carbons (Fsp3) is 0.611. The lowest BCUT2D eigenvalue weighted by Crippen LogP contribution is -2.36. The highest BCUT2D eigenvalue weighted by atomic mass is 16.6. The van der Waals surface area contributed by atoms with Gasteiger partial charge in [0.1, 0.15) is 6.61 Å². The second kappa shape index (κ2) is 7.79. The van der Waals surface area contributed by atoms with Gasteiger partial charge in [-0.25, -0.2) is 4.79 Å². The van der Waals surface area contributed by atoms with Crippen molar-refractivity contribution in [3.8, 4) is 0 Å². The van der Waals surface area contributed by atoms with Crippen LogP contribution in [0.4, 0.5) is 4.79 Å². The second-order valence-electron chi connectivity index (χ2n) is 6.59. The van der Waals surface area contributed by atoms with Crippen molar-refractivity contribution in [2.24, 2.45) is 5.92 Å². The van der Waals surface area contributed by atoms with Gasteiger partial charge in [-0.15, -0.1) is 0 Å².